The largest absolute Gasteiger partial charge is 0.508 e. The molecule has 32 heavy (non-hydrogen) atoms. The molecule has 1 rings (SSSR count). The van der Waals surface area contributed by atoms with Gasteiger partial charge in [-0.3, -0.25) is 9.59 Å². The number of carbonyl (C=O) groups excluding carboxylic acids is 3. The van der Waals surface area contributed by atoms with Gasteiger partial charge in [0, 0.05) is 13.1 Å². The molecule has 0 saturated carbocycles. The number of aliphatic hydroxyl groups is 1. The minimum absolute atomic E-state index is 0.0142. The summed E-state index contributed by atoms with van der Waals surface area (Å²) in [5.41, 5.74) is -0.331. The number of amides is 3. The van der Waals surface area contributed by atoms with Crippen molar-refractivity contribution in [2.75, 3.05) is 19.7 Å². The Labute approximate surface area is 189 Å². The van der Waals surface area contributed by atoms with Gasteiger partial charge in [-0.15, -0.1) is 6.58 Å². The molecule has 2 atom stereocenters. The third-order valence-electron chi connectivity index (χ3n) is 4.38. The molecule has 0 radical (unpaired) electrons. The number of carbonyl (C=O) groups is 3. The van der Waals surface area contributed by atoms with Crippen LogP contribution in [0.1, 0.15) is 52.1 Å². The van der Waals surface area contributed by atoms with Crippen molar-refractivity contribution in [2.24, 2.45) is 0 Å². The number of phenolic OH excluding ortho intramolecular Hbond substituents is 1. The first kappa shape index (κ1) is 27.0. The van der Waals surface area contributed by atoms with E-state index in [1.807, 2.05) is 6.92 Å². The van der Waals surface area contributed by atoms with Crippen LogP contribution in [0.25, 0.3) is 0 Å². The summed E-state index contributed by atoms with van der Waals surface area (Å²) >= 11 is 0. The van der Waals surface area contributed by atoms with Gasteiger partial charge in [-0.1, -0.05) is 31.6 Å². The predicted octanol–water partition coefficient (Wildman–Crippen LogP) is 2.25. The van der Waals surface area contributed by atoms with Gasteiger partial charge in [0.05, 0.1) is 6.61 Å². The number of unbranched alkanes of at least 4 members (excludes halogenated alkanes) is 1. The molecule has 0 aliphatic rings. The van der Waals surface area contributed by atoms with Crippen LogP contribution in [0.15, 0.2) is 36.9 Å². The van der Waals surface area contributed by atoms with Crippen molar-refractivity contribution in [3.63, 3.8) is 0 Å². The smallest absolute Gasteiger partial charge is 0.408 e. The van der Waals surface area contributed by atoms with Crippen molar-refractivity contribution in [3.8, 4) is 5.75 Å². The maximum Gasteiger partial charge on any atom is 0.408 e. The van der Waals surface area contributed by atoms with E-state index in [1.165, 1.54) is 35.2 Å². The van der Waals surface area contributed by atoms with Crippen molar-refractivity contribution in [1.82, 2.24) is 15.5 Å². The normalized spacial score (nSPS) is 12.9. The van der Waals surface area contributed by atoms with Gasteiger partial charge in [0.1, 0.15) is 23.4 Å². The van der Waals surface area contributed by atoms with Gasteiger partial charge in [0.25, 0.3) is 0 Å². The molecule has 2 unspecified atom stereocenters. The van der Waals surface area contributed by atoms with E-state index in [1.54, 1.807) is 20.8 Å². The van der Waals surface area contributed by atoms with E-state index in [0.717, 1.165) is 12.8 Å². The molecule has 9 heteroatoms. The Morgan fingerprint density at radius 1 is 1.22 bits per heavy atom. The van der Waals surface area contributed by atoms with Crippen molar-refractivity contribution in [3.05, 3.63) is 42.5 Å². The van der Waals surface area contributed by atoms with Crippen LogP contribution >= 0.6 is 0 Å². The number of alkyl carbamates (subject to hydrolysis) is 1. The third-order valence-corrected chi connectivity index (χ3v) is 4.38. The summed E-state index contributed by atoms with van der Waals surface area (Å²) in [5, 5.41) is 24.6. The molecule has 0 bridgehead atoms. The number of hydrogen-bond acceptors (Lipinski definition) is 6. The number of ether oxygens (including phenoxy) is 1. The lowest BCUT2D eigenvalue weighted by atomic mass is 10.0. The highest BCUT2D eigenvalue weighted by molar-refractivity contribution is 5.92. The highest BCUT2D eigenvalue weighted by Crippen LogP contribution is 2.24. The van der Waals surface area contributed by atoms with E-state index in [9.17, 15) is 24.6 Å². The number of nitrogens with zero attached hydrogens (tertiary/aromatic N) is 1. The van der Waals surface area contributed by atoms with E-state index in [4.69, 9.17) is 4.74 Å². The lowest BCUT2D eigenvalue weighted by Gasteiger charge is -2.33. The van der Waals surface area contributed by atoms with Gasteiger partial charge in [0.15, 0.2) is 0 Å². The van der Waals surface area contributed by atoms with Gasteiger partial charge < -0.3 is 30.5 Å². The summed E-state index contributed by atoms with van der Waals surface area (Å²) in [6.45, 7) is 10.4. The van der Waals surface area contributed by atoms with Crippen LogP contribution in [-0.2, 0) is 14.3 Å². The molecule has 0 spiro atoms. The second-order valence-electron chi connectivity index (χ2n) is 8.30. The van der Waals surface area contributed by atoms with Gasteiger partial charge >= 0.3 is 6.09 Å². The summed E-state index contributed by atoms with van der Waals surface area (Å²) in [6.07, 6.45) is 2.23. The SMILES string of the molecule is C=CCN(C(=O)C(CO)NC(=O)OC(C)(C)C)C(C(=O)NCCCC)c1ccc(O)cc1. The number of hydrogen-bond donors (Lipinski definition) is 4. The monoisotopic (exact) mass is 449 g/mol. The summed E-state index contributed by atoms with van der Waals surface area (Å²) in [7, 11) is 0. The van der Waals surface area contributed by atoms with Gasteiger partial charge in [-0.2, -0.15) is 0 Å². The number of nitrogens with one attached hydrogen (secondary N) is 2. The van der Waals surface area contributed by atoms with Crippen LogP contribution in [-0.4, -0.2) is 64.4 Å². The summed E-state index contributed by atoms with van der Waals surface area (Å²) in [6, 6.07) is 3.53. The number of aromatic hydroxyl groups is 1. The molecule has 0 fully saturated rings. The second kappa shape index (κ2) is 12.7. The Balaban J connectivity index is 3.25. The minimum atomic E-state index is -1.33. The third kappa shape index (κ3) is 8.58. The lowest BCUT2D eigenvalue weighted by Crippen LogP contribution is -2.54. The Morgan fingerprint density at radius 2 is 1.84 bits per heavy atom. The highest BCUT2D eigenvalue weighted by atomic mass is 16.6. The molecule has 0 aliphatic carbocycles. The Bertz CT molecular complexity index is 773. The maximum absolute atomic E-state index is 13.3. The Morgan fingerprint density at radius 3 is 2.34 bits per heavy atom. The van der Waals surface area contributed by atoms with Crippen molar-refractivity contribution >= 4 is 17.9 Å². The molecular formula is C23H35N3O6. The number of aliphatic hydroxyl groups excluding tert-OH is 1. The fraction of sp³-hybridized carbons (Fsp3) is 0.522. The lowest BCUT2D eigenvalue weighted by molar-refractivity contribution is -0.142. The summed E-state index contributed by atoms with van der Waals surface area (Å²) in [4.78, 5) is 39.7. The molecule has 0 aliphatic heterocycles. The number of phenols is 1. The maximum atomic E-state index is 13.3. The second-order valence-corrected chi connectivity index (χ2v) is 8.30. The molecular weight excluding hydrogens is 414 g/mol. The zero-order valence-corrected chi connectivity index (χ0v) is 19.3. The summed E-state index contributed by atoms with van der Waals surface area (Å²) < 4.78 is 5.17. The first-order valence-corrected chi connectivity index (χ1v) is 10.6. The molecule has 1 aromatic rings. The van der Waals surface area contributed by atoms with Gasteiger partial charge in [-0.05, 0) is 44.9 Å². The average molecular weight is 450 g/mol. The summed E-state index contributed by atoms with van der Waals surface area (Å²) in [5.74, 6) is -1.09. The quantitative estimate of drug-likeness (QED) is 0.303. The number of benzene rings is 1. The van der Waals surface area contributed by atoms with Crippen LogP contribution in [0.3, 0.4) is 0 Å². The number of rotatable bonds is 11. The average Bonchev–Trinajstić information content (AvgIpc) is 2.71. The topological polar surface area (TPSA) is 128 Å². The molecule has 1 aromatic carbocycles. The van der Waals surface area contributed by atoms with Crippen molar-refractivity contribution in [2.45, 2.75) is 58.2 Å². The van der Waals surface area contributed by atoms with Crippen LogP contribution in [0.5, 0.6) is 5.75 Å². The first-order chi connectivity index (χ1) is 15.0. The van der Waals surface area contributed by atoms with Crippen LogP contribution in [0, 0.1) is 0 Å². The van der Waals surface area contributed by atoms with Crippen LogP contribution in [0.4, 0.5) is 4.79 Å². The highest BCUT2D eigenvalue weighted by Gasteiger charge is 2.35. The molecule has 178 valence electrons. The fourth-order valence-corrected chi connectivity index (χ4v) is 2.91. The molecule has 3 amide bonds. The molecule has 0 aromatic heterocycles. The van der Waals surface area contributed by atoms with Gasteiger partial charge in [-0.25, -0.2) is 4.79 Å². The Hall–Kier alpha value is -3.07. The zero-order chi connectivity index (χ0) is 24.3. The molecule has 0 saturated heterocycles. The zero-order valence-electron chi connectivity index (χ0n) is 19.3. The predicted molar refractivity (Wildman–Crippen MR) is 121 cm³/mol. The van der Waals surface area contributed by atoms with E-state index in [-0.39, 0.29) is 12.3 Å². The van der Waals surface area contributed by atoms with Crippen molar-refractivity contribution < 1.29 is 29.3 Å². The van der Waals surface area contributed by atoms with Gasteiger partial charge in [0.2, 0.25) is 11.8 Å². The van der Waals surface area contributed by atoms with Crippen LogP contribution < -0.4 is 10.6 Å². The standard InChI is InChI=1S/C23H35N3O6/c1-6-8-13-24-20(29)19(16-9-11-17(28)12-10-16)26(14-7-2)21(30)18(15-27)25-22(31)32-23(3,4)5/h7,9-12,18-19,27-28H,2,6,8,13-15H2,1,3-5H3,(H,24,29)(H,25,31). The first-order valence-electron chi connectivity index (χ1n) is 10.6. The minimum Gasteiger partial charge on any atom is -0.508 e. The van der Waals surface area contributed by atoms with E-state index >= 15 is 0 Å². The van der Waals surface area contributed by atoms with E-state index < -0.39 is 42.2 Å². The van der Waals surface area contributed by atoms with Crippen molar-refractivity contribution in [1.29, 1.82) is 0 Å². The van der Waals surface area contributed by atoms with E-state index in [2.05, 4.69) is 17.2 Å². The van der Waals surface area contributed by atoms with E-state index in [0.29, 0.717) is 12.1 Å². The molecule has 4 N–H and O–H groups in total. The molecule has 9 nitrogen and oxygen atoms in total. The van der Waals surface area contributed by atoms with Crippen LogP contribution in [0.2, 0.25) is 0 Å². The Kier molecular flexibility index (Phi) is 10.7. The fourth-order valence-electron chi connectivity index (χ4n) is 2.91. The molecule has 0 heterocycles.